The summed E-state index contributed by atoms with van der Waals surface area (Å²) in [6.45, 7) is 0.312. The van der Waals surface area contributed by atoms with E-state index in [1.165, 1.54) is 16.9 Å². The lowest BCUT2D eigenvalue weighted by Crippen LogP contribution is -2.29. The molecule has 2 aromatic carbocycles. The Kier molecular flexibility index (Phi) is 5.80. The first kappa shape index (κ1) is 17.2. The molecule has 4 nitrogen and oxygen atoms in total. The van der Waals surface area contributed by atoms with E-state index >= 15 is 0 Å². The number of benzene rings is 2. The van der Waals surface area contributed by atoms with Gasteiger partial charge in [0, 0.05) is 11.2 Å². The van der Waals surface area contributed by atoms with Crippen molar-refractivity contribution in [1.82, 2.24) is 5.32 Å². The number of carbonyl (C=O) groups excluding carboxylic acids is 2. The molecule has 0 unspecified atom stereocenters. The van der Waals surface area contributed by atoms with E-state index in [9.17, 15) is 9.59 Å². The fraction of sp³-hybridized carbons (Fsp3) is 0.200. The predicted octanol–water partition coefficient (Wildman–Crippen LogP) is 3.81. The third-order valence-corrected chi connectivity index (χ3v) is 4.86. The SMILES string of the molecule is O=C(COC(=O)c1cc2ccccc2s1)NCCCc1ccccc1. The van der Waals surface area contributed by atoms with Gasteiger partial charge >= 0.3 is 5.97 Å². The quantitative estimate of drug-likeness (QED) is 0.519. The van der Waals surface area contributed by atoms with Crippen LogP contribution in [0.25, 0.3) is 10.1 Å². The predicted molar refractivity (Wildman–Crippen MR) is 99.9 cm³/mol. The molecule has 3 rings (SSSR count). The van der Waals surface area contributed by atoms with E-state index in [1.54, 1.807) is 6.07 Å². The van der Waals surface area contributed by atoms with Crippen LogP contribution in [-0.4, -0.2) is 25.0 Å². The number of amides is 1. The second kappa shape index (κ2) is 8.44. The third kappa shape index (κ3) is 4.90. The molecule has 128 valence electrons. The standard InChI is InChI=1S/C20H19NO3S/c22-19(21-12-6-9-15-7-2-1-3-8-15)14-24-20(23)18-13-16-10-4-5-11-17(16)25-18/h1-5,7-8,10-11,13H,6,9,12,14H2,(H,21,22). The van der Waals surface area contributed by atoms with Crippen molar-refractivity contribution in [3.05, 3.63) is 71.1 Å². The summed E-state index contributed by atoms with van der Waals surface area (Å²) in [6.07, 6.45) is 1.75. The number of ether oxygens (including phenoxy) is 1. The van der Waals surface area contributed by atoms with Crippen LogP contribution in [0, 0.1) is 0 Å². The van der Waals surface area contributed by atoms with Gasteiger partial charge in [-0.1, -0.05) is 48.5 Å². The number of hydrogen-bond donors (Lipinski definition) is 1. The van der Waals surface area contributed by atoms with Gasteiger partial charge in [0.1, 0.15) is 4.88 Å². The van der Waals surface area contributed by atoms with Crippen LogP contribution in [0.4, 0.5) is 0 Å². The monoisotopic (exact) mass is 353 g/mol. The number of esters is 1. The summed E-state index contributed by atoms with van der Waals surface area (Å²) in [5, 5.41) is 3.78. The molecule has 0 aliphatic heterocycles. The van der Waals surface area contributed by atoms with E-state index in [-0.39, 0.29) is 12.5 Å². The van der Waals surface area contributed by atoms with Crippen molar-refractivity contribution in [3.8, 4) is 0 Å². The minimum absolute atomic E-state index is 0.252. The molecule has 0 fully saturated rings. The van der Waals surface area contributed by atoms with Crippen LogP contribution in [0.2, 0.25) is 0 Å². The second-order valence-corrected chi connectivity index (χ2v) is 6.75. The molecule has 1 N–H and O–H groups in total. The summed E-state index contributed by atoms with van der Waals surface area (Å²) in [6, 6.07) is 19.7. The summed E-state index contributed by atoms with van der Waals surface area (Å²) in [4.78, 5) is 24.3. The van der Waals surface area contributed by atoms with Crippen molar-refractivity contribution >= 4 is 33.3 Å². The Morgan fingerprint density at radius 3 is 2.56 bits per heavy atom. The van der Waals surface area contributed by atoms with Crippen molar-refractivity contribution in [2.45, 2.75) is 12.8 Å². The molecular weight excluding hydrogens is 334 g/mol. The van der Waals surface area contributed by atoms with E-state index in [0.29, 0.717) is 11.4 Å². The highest BCUT2D eigenvalue weighted by Gasteiger charge is 2.13. The normalized spacial score (nSPS) is 10.6. The van der Waals surface area contributed by atoms with Crippen LogP contribution >= 0.6 is 11.3 Å². The van der Waals surface area contributed by atoms with Gasteiger partial charge in [0.2, 0.25) is 0 Å². The van der Waals surface area contributed by atoms with Crippen LogP contribution in [-0.2, 0) is 16.0 Å². The van der Waals surface area contributed by atoms with Gasteiger partial charge in [-0.15, -0.1) is 11.3 Å². The Morgan fingerprint density at radius 2 is 1.76 bits per heavy atom. The van der Waals surface area contributed by atoms with Crippen LogP contribution in [0.3, 0.4) is 0 Å². The van der Waals surface area contributed by atoms with Crippen molar-refractivity contribution in [3.63, 3.8) is 0 Å². The van der Waals surface area contributed by atoms with Crippen molar-refractivity contribution in [2.75, 3.05) is 13.2 Å². The summed E-state index contributed by atoms with van der Waals surface area (Å²) >= 11 is 1.37. The summed E-state index contributed by atoms with van der Waals surface area (Å²) < 4.78 is 6.12. The molecule has 0 saturated heterocycles. The van der Waals surface area contributed by atoms with Gasteiger partial charge in [-0.25, -0.2) is 4.79 Å². The van der Waals surface area contributed by atoms with Gasteiger partial charge < -0.3 is 10.1 Å². The maximum absolute atomic E-state index is 12.0. The Morgan fingerprint density at radius 1 is 1.00 bits per heavy atom. The fourth-order valence-corrected chi connectivity index (χ4v) is 3.46. The van der Waals surface area contributed by atoms with E-state index in [1.807, 2.05) is 42.5 Å². The molecule has 0 atom stereocenters. The molecule has 25 heavy (non-hydrogen) atoms. The molecule has 0 aliphatic rings. The Balaban J connectivity index is 1.39. The number of thiophene rings is 1. The lowest BCUT2D eigenvalue weighted by molar-refractivity contribution is -0.124. The van der Waals surface area contributed by atoms with E-state index in [4.69, 9.17) is 4.74 Å². The van der Waals surface area contributed by atoms with Crippen molar-refractivity contribution in [2.24, 2.45) is 0 Å². The zero-order chi connectivity index (χ0) is 17.5. The molecule has 0 radical (unpaired) electrons. The van der Waals surface area contributed by atoms with Crippen LogP contribution in [0.1, 0.15) is 21.7 Å². The number of aryl methyl sites for hydroxylation is 1. The first-order valence-corrected chi connectivity index (χ1v) is 9.00. The highest BCUT2D eigenvalue weighted by atomic mass is 32.1. The summed E-state index contributed by atoms with van der Waals surface area (Å²) in [5.41, 5.74) is 1.24. The lowest BCUT2D eigenvalue weighted by atomic mass is 10.1. The average molecular weight is 353 g/mol. The minimum Gasteiger partial charge on any atom is -0.451 e. The number of rotatable bonds is 7. The van der Waals surface area contributed by atoms with E-state index in [0.717, 1.165) is 22.9 Å². The topological polar surface area (TPSA) is 55.4 Å². The number of hydrogen-bond acceptors (Lipinski definition) is 4. The summed E-state index contributed by atoms with van der Waals surface area (Å²) in [5.74, 6) is -0.733. The number of nitrogens with one attached hydrogen (secondary N) is 1. The lowest BCUT2D eigenvalue weighted by Gasteiger charge is -2.06. The van der Waals surface area contributed by atoms with E-state index in [2.05, 4.69) is 17.4 Å². The first-order valence-electron chi connectivity index (χ1n) is 8.19. The molecule has 0 saturated carbocycles. The summed E-state index contributed by atoms with van der Waals surface area (Å²) in [7, 11) is 0. The molecule has 0 spiro atoms. The largest absolute Gasteiger partial charge is 0.451 e. The maximum atomic E-state index is 12.0. The molecule has 3 aromatic rings. The smallest absolute Gasteiger partial charge is 0.348 e. The molecule has 0 bridgehead atoms. The third-order valence-electron chi connectivity index (χ3n) is 3.77. The van der Waals surface area contributed by atoms with Gasteiger partial charge in [0.25, 0.3) is 5.91 Å². The van der Waals surface area contributed by atoms with Gasteiger partial charge in [-0.2, -0.15) is 0 Å². The Labute approximate surface area is 150 Å². The average Bonchev–Trinajstić information content (AvgIpc) is 3.08. The maximum Gasteiger partial charge on any atom is 0.348 e. The van der Waals surface area contributed by atoms with Crippen LogP contribution in [0.5, 0.6) is 0 Å². The van der Waals surface area contributed by atoms with Crippen molar-refractivity contribution < 1.29 is 14.3 Å². The zero-order valence-electron chi connectivity index (χ0n) is 13.7. The van der Waals surface area contributed by atoms with E-state index < -0.39 is 5.97 Å². The van der Waals surface area contributed by atoms with Gasteiger partial charge in [0.05, 0.1) is 0 Å². The Hall–Kier alpha value is -2.66. The molecule has 1 amide bonds. The van der Waals surface area contributed by atoms with Gasteiger partial charge in [-0.3, -0.25) is 4.79 Å². The second-order valence-electron chi connectivity index (χ2n) is 5.66. The highest BCUT2D eigenvalue weighted by molar-refractivity contribution is 7.20. The molecular formula is C20H19NO3S. The molecule has 1 heterocycles. The zero-order valence-corrected chi connectivity index (χ0v) is 14.6. The van der Waals surface area contributed by atoms with Gasteiger partial charge in [0.15, 0.2) is 6.61 Å². The number of fused-ring (bicyclic) bond motifs is 1. The number of carbonyl (C=O) groups is 2. The molecule has 0 aliphatic carbocycles. The molecule has 1 aromatic heterocycles. The highest BCUT2D eigenvalue weighted by Crippen LogP contribution is 2.25. The van der Waals surface area contributed by atoms with Crippen molar-refractivity contribution in [1.29, 1.82) is 0 Å². The first-order chi connectivity index (χ1) is 12.2. The minimum atomic E-state index is -0.458. The van der Waals surface area contributed by atoms with Gasteiger partial charge in [-0.05, 0) is 35.9 Å². The van der Waals surface area contributed by atoms with Crippen LogP contribution < -0.4 is 5.32 Å². The molecule has 5 heteroatoms. The fourth-order valence-electron chi connectivity index (χ4n) is 2.50. The van der Waals surface area contributed by atoms with Crippen LogP contribution in [0.15, 0.2) is 60.7 Å². The Bertz CT molecular complexity index is 825.